The average molecular weight is 419 g/mol. The summed E-state index contributed by atoms with van der Waals surface area (Å²) in [5, 5.41) is 1.92. The maximum atomic E-state index is 13.9. The Morgan fingerprint density at radius 1 is 1.14 bits per heavy atom. The summed E-state index contributed by atoms with van der Waals surface area (Å²) in [5.74, 6) is -1.98. The second kappa shape index (κ2) is 9.15. The van der Waals surface area contributed by atoms with Crippen LogP contribution in [0.4, 0.5) is 9.18 Å². The number of hydrogen-bond donors (Lipinski definition) is 0. The zero-order valence-electron chi connectivity index (χ0n) is 16.3. The van der Waals surface area contributed by atoms with Gasteiger partial charge < -0.3 is 4.74 Å². The highest BCUT2D eigenvalue weighted by atomic mass is 32.1. The van der Waals surface area contributed by atoms with Crippen LogP contribution in [0.3, 0.4) is 0 Å². The number of imide groups is 2. The fourth-order valence-electron chi connectivity index (χ4n) is 3.08. The molecule has 29 heavy (non-hydrogen) atoms. The fourth-order valence-corrected chi connectivity index (χ4v) is 3.78. The van der Waals surface area contributed by atoms with Gasteiger partial charge in [-0.3, -0.25) is 19.4 Å². The van der Waals surface area contributed by atoms with E-state index < -0.39 is 23.7 Å². The van der Waals surface area contributed by atoms with Crippen LogP contribution in [0.25, 0.3) is 0 Å². The van der Waals surface area contributed by atoms with E-state index in [1.807, 2.05) is 24.4 Å². The van der Waals surface area contributed by atoms with Crippen molar-refractivity contribution in [3.8, 4) is 5.75 Å². The van der Waals surface area contributed by atoms with Crippen molar-refractivity contribution in [2.24, 2.45) is 0 Å². The van der Waals surface area contributed by atoms with E-state index in [0.29, 0.717) is 25.1 Å². The predicted octanol–water partition coefficient (Wildman–Crippen LogP) is 2.71. The number of carbonyl (C=O) groups excluding carboxylic acids is 3. The van der Waals surface area contributed by atoms with Crippen molar-refractivity contribution in [1.29, 1.82) is 0 Å². The van der Waals surface area contributed by atoms with E-state index in [-0.39, 0.29) is 19.0 Å². The minimum atomic E-state index is -0.833. The van der Waals surface area contributed by atoms with Crippen LogP contribution < -0.4 is 4.74 Å². The Morgan fingerprint density at radius 3 is 2.52 bits per heavy atom. The number of hydrogen-bond acceptors (Lipinski definition) is 6. The normalized spacial score (nSPS) is 14.4. The van der Waals surface area contributed by atoms with Crippen molar-refractivity contribution in [1.82, 2.24) is 14.7 Å². The lowest BCUT2D eigenvalue weighted by Gasteiger charge is -2.25. The summed E-state index contributed by atoms with van der Waals surface area (Å²) in [6.07, 6.45) is 0.513. The maximum Gasteiger partial charge on any atom is 0.335 e. The molecule has 0 saturated carbocycles. The second-order valence-corrected chi connectivity index (χ2v) is 7.59. The summed E-state index contributed by atoms with van der Waals surface area (Å²) in [7, 11) is 1.39. The van der Waals surface area contributed by atoms with Gasteiger partial charge in [0.15, 0.2) is 11.6 Å². The summed E-state index contributed by atoms with van der Waals surface area (Å²) in [6, 6.07) is 7.80. The third-order valence-corrected chi connectivity index (χ3v) is 5.64. The smallest absolute Gasteiger partial charge is 0.335 e. The Bertz CT molecular complexity index is 903. The van der Waals surface area contributed by atoms with Gasteiger partial charge in [-0.2, -0.15) is 0 Å². The first-order chi connectivity index (χ1) is 13.9. The molecule has 4 amide bonds. The third kappa shape index (κ3) is 4.63. The molecule has 0 bridgehead atoms. The highest BCUT2D eigenvalue weighted by Crippen LogP contribution is 2.20. The van der Waals surface area contributed by atoms with Crippen molar-refractivity contribution in [3.63, 3.8) is 0 Å². The molecule has 3 rings (SSSR count). The van der Waals surface area contributed by atoms with E-state index in [2.05, 4.69) is 0 Å². The van der Waals surface area contributed by atoms with E-state index in [4.69, 9.17) is 4.74 Å². The van der Waals surface area contributed by atoms with E-state index in [9.17, 15) is 18.8 Å². The summed E-state index contributed by atoms with van der Waals surface area (Å²) in [4.78, 5) is 42.0. The van der Waals surface area contributed by atoms with Gasteiger partial charge in [0, 0.05) is 24.4 Å². The number of thiophene rings is 1. The van der Waals surface area contributed by atoms with E-state index in [0.717, 1.165) is 14.7 Å². The van der Waals surface area contributed by atoms with Crippen molar-refractivity contribution in [3.05, 3.63) is 52.0 Å². The fraction of sp³-hybridized carbons (Fsp3) is 0.350. The quantitative estimate of drug-likeness (QED) is 0.462. The number of nitrogens with zero attached hydrogens (tertiary/aromatic N) is 3. The second-order valence-electron chi connectivity index (χ2n) is 6.56. The van der Waals surface area contributed by atoms with Crippen molar-refractivity contribution >= 4 is 29.2 Å². The van der Waals surface area contributed by atoms with Gasteiger partial charge in [0.25, 0.3) is 0 Å². The number of methoxy groups -OCH3 is 1. The topological polar surface area (TPSA) is 70.2 Å². The van der Waals surface area contributed by atoms with Gasteiger partial charge in [-0.1, -0.05) is 19.1 Å². The molecule has 154 valence electrons. The summed E-state index contributed by atoms with van der Waals surface area (Å²) in [6.45, 7) is 2.81. The largest absolute Gasteiger partial charge is 0.494 e. The van der Waals surface area contributed by atoms with Gasteiger partial charge in [0.05, 0.1) is 13.8 Å². The first kappa shape index (κ1) is 20.9. The van der Waals surface area contributed by atoms with Crippen LogP contribution in [-0.4, -0.2) is 59.4 Å². The molecule has 0 unspecified atom stereocenters. The van der Waals surface area contributed by atoms with Crippen LogP contribution in [0.2, 0.25) is 0 Å². The minimum absolute atomic E-state index is 0.0386. The molecule has 0 spiro atoms. The van der Waals surface area contributed by atoms with E-state index >= 15 is 0 Å². The number of benzene rings is 1. The zero-order valence-corrected chi connectivity index (χ0v) is 17.1. The van der Waals surface area contributed by atoms with Crippen LogP contribution in [-0.2, 0) is 22.6 Å². The molecular weight excluding hydrogens is 397 g/mol. The molecule has 1 fully saturated rings. The summed E-state index contributed by atoms with van der Waals surface area (Å²) < 4.78 is 18.8. The number of urea groups is 1. The Hall–Kier alpha value is -2.78. The number of amides is 4. The first-order valence-electron chi connectivity index (χ1n) is 9.19. The number of halogens is 1. The van der Waals surface area contributed by atoms with Crippen LogP contribution in [0, 0.1) is 5.82 Å². The molecule has 0 N–H and O–H groups in total. The standard InChI is InChI=1S/C20H22FN3O4S/c1-3-22(12-14-6-7-17(28-2)16(21)11-14)13-24-19(26)18(25)23(20(24)27)9-8-15-5-4-10-29-15/h4-7,10-11H,3,8-9,12-13H2,1-2H3. The van der Waals surface area contributed by atoms with Gasteiger partial charge >= 0.3 is 17.8 Å². The Balaban J connectivity index is 1.65. The monoisotopic (exact) mass is 419 g/mol. The molecule has 0 atom stereocenters. The minimum Gasteiger partial charge on any atom is -0.494 e. The average Bonchev–Trinajstić information content (AvgIpc) is 3.29. The molecule has 1 aliphatic rings. The molecule has 2 heterocycles. The number of carbonyl (C=O) groups is 3. The maximum absolute atomic E-state index is 13.9. The molecule has 9 heteroatoms. The van der Waals surface area contributed by atoms with Gasteiger partial charge in [-0.15, -0.1) is 11.3 Å². The lowest BCUT2D eigenvalue weighted by Crippen LogP contribution is -2.42. The van der Waals surface area contributed by atoms with E-state index in [1.165, 1.54) is 30.6 Å². The lowest BCUT2D eigenvalue weighted by atomic mass is 10.2. The van der Waals surface area contributed by atoms with Gasteiger partial charge in [0.2, 0.25) is 0 Å². The van der Waals surface area contributed by atoms with Crippen molar-refractivity contribution < 1.29 is 23.5 Å². The van der Waals surface area contributed by atoms with Gasteiger partial charge in [-0.05, 0) is 35.7 Å². The van der Waals surface area contributed by atoms with Crippen molar-refractivity contribution in [2.75, 3.05) is 26.9 Å². The molecule has 1 saturated heterocycles. The number of rotatable bonds is 9. The molecular formula is C20H22FN3O4S. The van der Waals surface area contributed by atoms with Crippen LogP contribution >= 0.6 is 11.3 Å². The SMILES string of the molecule is CCN(Cc1ccc(OC)c(F)c1)CN1C(=O)C(=O)N(CCc2cccs2)C1=O. The molecule has 0 radical (unpaired) electrons. The van der Waals surface area contributed by atoms with Gasteiger partial charge in [-0.25, -0.2) is 14.1 Å². The Morgan fingerprint density at radius 2 is 1.90 bits per heavy atom. The third-order valence-electron chi connectivity index (χ3n) is 4.71. The van der Waals surface area contributed by atoms with Crippen molar-refractivity contribution in [2.45, 2.75) is 19.9 Å². The Labute approximate surface area is 172 Å². The highest BCUT2D eigenvalue weighted by Gasteiger charge is 2.44. The van der Waals surface area contributed by atoms with Gasteiger partial charge in [0.1, 0.15) is 0 Å². The van der Waals surface area contributed by atoms with E-state index in [1.54, 1.807) is 11.0 Å². The van der Waals surface area contributed by atoms with Crippen LogP contribution in [0.1, 0.15) is 17.4 Å². The molecule has 2 aromatic rings. The number of ether oxygens (including phenoxy) is 1. The molecule has 1 aromatic heterocycles. The molecule has 1 aromatic carbocycles. The molecule has 7 nitrogen and oxygen atoms in total. The summed E-state index contributed by atoms with van der Waals surface area (Å²) in [5.41, 5.74) is 0.671. The first-order valence-corrected chi connectivity index (χ1v) is 10.1. The van der Waals surface area contributed by atoms with Crippen LogP contribution in [0.15, 0.2) is 35.7 Å². The van der Waals surface area contributed by atoms with Crippen LogP contribution in [0.5, 0.6) is 5.75 Å². The zero-order chi connectivity index (χ0) is 21.0. The summed E-state index contributed by atoms with van der Waals surface area (Å²) >= 11 is 1.53. The predicted molar refractivity (Wildman–Crippen MR) is 106 cm³/mol. The lowest BCUT2D eigenvalue weighted by molar-refractivity contribution is -0.144. The highest BCUT2D eigenvalue weighted by molar-refractivity contribution is 7.09. The Kier molecular flexibility index (Phi) is 6.60. The molecule has 0 aliphatic carbocycles. The molecule has 1 aliphatic heterocycles.